The topological polar surface area (TPSA) is 12.9 Å². The fraction of sp³-hybridized carbons (Fsp3) is 0.0571. The minimum atomic E-state index is 1.05. The molecule has 37 heavy (non-hydrogen) atoms. The number of hydrogen-bond acceptors (Lipinski definition) is 2. The lowest BCUT2D eigenvalue weighted by Gasteiger charge is -2.21. The zero-order chi connectivity index (χ0) is 24.6. The molecule has 1 heterocycles. The zero-order valence-corrected chi connectivity index (χ0v) is 21.2. The number of pyridine rings is 1. The largest absolute Gasteiger partial charge is 0.264 e. The molecule has 176 valence electrons. The maximum absolute atomic E-state index is 4.62. The molecule has 0 saturated carbocycles. The minimum Gasteiger partial charge on any atom is -0.264 e. The van der Waals surface area contributed by atoms with Gasteiger partial charge in [0.05, 0.1) is 0 Å². The van der Waals surface area contributed by atoms with E-state index >= 15 is 0 Å². The van der Waals surface area contributed by atoms with Crippen molar-refractivity contribution in [3.05, 3.63) is 133 Å². The van der Waals surface area contributed by atoms with E-state index in [4.69, 9.17) is 0 Å². The van der Waals surface area contributed by atoms with Crippen molar-refractivity contribution in [2.24, 2.45) is 0 Å². The Morgan fingerprint density at radius 3 is 2.14 bits per heavy atom. The molecule has 0 atom stereocenters. The third kappa shape index (κ3) is 3.94. The van der Waals surface area contributed by atoms with E-state index in [1.807, 2.05) is 18.0 Å². The zero-order valence-electron chi connectivity index (χ0n) is 20.4. The number of rotatable bonds is 4. The van der Waals surface area contributed by atoms with E-state index in [0.717, 1.165) is 12.8 Å². The van der Waals surface area contributed by atoms with Crippen molar-refractivity contribution < 1.29 is 0 Å². The number of benzene rings is 5. The summed E-state index contributed by atoms with van der Waals surface area (Å²) in [7, 11) is 0. The lowest BCUT2D eigenvalue weighted by molar-refractivity contribution is 1.05. The molecule has 0 spiro atoms. The molecule has 2 heteroatoms. The van der Waals surface area contributed by atoms with Crippen molar-refractivity contribution in [2.45, 2.75) is 22.6 Å². The van der Waals surface area contributed by atoms with Gasteiger partial charge in [0.15, 0.2) is 0 Å². The molecule has 6 aromatic rings. The molecule has 0 saturated heterocycles. The van der Waals surface area contributed by atoms with E-state index in [-0.39, 0.29) is 0 Å². The smallest absolute Gasteiger partial charge is 0.0353 e. The second-order valence-electron chi connectivity index (χ2n) is 9.49. The summed E-state index contributed by atoms with van der Waals surface area (Å²) in [6.45, 7) is 0. The molecule has 0 N–H and O–H groups in total. The Balaban J connectivity index is 1.59. The first-order chi connectivity index (χ1) is 18.4. The predicted molar refractivity (Wildman–Crippen MR) is 159 cm³/mol. The second-order valence-corrected chi connectivity index (χ2v) is 10.6. The van der Waals surface area contributed by atoms with Crippen LogP contribution in [0.2, 0.25) is 0 Å². The highest BCUT2D eigenvalue weighted by molar-refractivity contribution is 7.99. The van der Waals surface area contributed by atoms with Crippen LogP contribution in [0.3, 0.4) is 0 Å². The van der Waals surface area contributed by atoms with Crippen LogP contribution in [-0.2, 0) is 0 Å². The van der Waals surface area contributed by atoms with Gasteiger partial charge in [-0.25, -0.2) is 0 Å². The maximum Gasteiger partial charge on any atom is 0.0353 e. The molecular weight excluding hydrogens is 466 g/mol. The highest BCUT2D eigenvalue weighted by atomic mass is 32.2. The van der Waals surface area contributed by atoms with Gasteiger partial charge in [0.25, 0.3) is 0 Å². The van der Waals surface area contributed by atoms with Crippen molar-refractivity contribution in [2.75, 3.05) is 0 Å². The van der Waals surface area contributed by atoms with Gasteiger partial charge in [0.2, 0.25) is 0 Å². The van der Waals surface area contributed by atoms with E-state index in [2.05, 4.69) is 126 Å². The fourth-order valence-electron chi connectivity index (χ4n) is 5.53. The summed E-state index contributed by atoms with van der Waals surface area (Å²) in [5.74, 6) is 0. The van der Waals surface area contributed by atoms with Gasteiger partial charge in [-0.15, -0.1) is 0 Å². The Labute approximate surface area is 221 Å². The van der Waals surface area contributed by atoms with Gasteiger partial charge in [0, 0.05) is 27.6 Å². The molecule has 0 unspecified atom stereocenters. The van der Waals surface area contributed by atoms with E-state index in [1.165, 1.54) is 64.4 Å². The molecule has 1 aliphatic rings. The molecule has 0 radical (unpaired) electrons. The molecule has 0 bridgehead atoms. The normalized spacial score (nSPS) is 13.4. The van der Waals surface area contributed by atoms with Crippen LogP contribution in [0.1, 0.15) is 18.4 Å². The Bertz CT molecular complexity index is 1790. The van der Waals surface area contributed by atoms with Crippen LogP contribution in [-0.4, -0.2) is 4.98 Å². The molecule has 5 aromatic carbocycles. The lowest BCUT2D eigenvalue weighted by atomic mass is 9.84. The van der Waals surface area contributed by atoms with Gasteiger partial charge >= 0.3 is 0 Å². The Hall–Kier alpha value is -4.14. The summed E-state index contributed by atoms with van der Waals surface area (Å²) < 4.78 is 0. The fourth-order valence-corrected chi connectivity index (χ4v) is 6.63. The first kappa shape index (κ1) is 22.1. The van der Waals surface area contributed by atoms with Crippen molar-refractivity contribution in [3.63, 3.8) is 0 Å². The monoisotopic (exact) mass is 491 g/mol. The standard InChI is InChI=1S/C35H25NS/c1-3-11-24(12-4-1)31-21-25-13-7-8-14-26(25)22-32(31)34-28-17-9-10-18-29(28)35(30-19-20-36-23-33(30)34)37-27-15-5-2-6-16-27/h1-3,5-11,13-23H,4,12H2. The van der Waals surface area contributed by atoms with E-state index in [0.29, 0.717) is 0 Å². The molecular formula is C35H25NS. The summed E-state index contributed by atoms with van der Waals surface area (Å²) in [6, 6.07) is 35.2. The van der Waals surface area contributed by atoms with E-state index < -0.39 is 0 Å². The van der Waals surface area contributed by atoms with Gasteiger partial charge in [-0.2, -0.15) is 0 Å². The quantitative estimate of drug-likeness (QED) is 0.228. The van der Waals surface area contributed by atoms with Gasteiger partial charge in [0.1, 0.15) is 0 Å². The van der Waals surface area contributed by atoms with Crippen LogP contribution in [0.15, 0.2) is 137 Å². The Kier molecular flexibility index (Phi) is 5.60. The molecule has 1 aliphatic carbocycles. The maximum atomic E-state index is 4.62. The van der Waals surface area contributed by atoms with Gasteiger partial charge < -0.3 is 0 Å². The van der Waals surface area contributed by atoms with Gasteiger partial charge in [-0.1, -0.05) is 96.7 Å². The second kappa shape index (κ2) is 9.38. The molecule has 0 aliphatic heterocycles. The third-order valence-electron chi connectivity index (χ3n) is 7.25. The van der Waals surface area contributed by atoms with Crippen LogP contribution in [0, 0.1) is 0 Å². The number of hydrogen-bond donors (Lipinski definition) is 0. The van der Waals surface area contributed by atoms with Crippen molar-refractivity contribution in [3.8, 4) is 11.1 Å². The minimum absolute atomic E-state index is 1.05. The van der Waals surface area contributed by atoms with Crippen LogP contribution >= 0.6 is 11.8 Å². The van der Waals surface area contributed by atoms with Crippen molar-refractivity contribution in [1.29, 1.82) is 0 Å². The van der Waals surface area contributed by atoms with Crippen LogP contribution in [0.4, 0.5) is 0 Å². The highest BCUT2D eigenvalue weighted by Gasteiger charge is 2.20. The van der Waals surface area contributed by atoms with Crippen LogP contribution < -0.4 is 0 Å². The van der Waals surface area contributed by atoms with Gasteiger partial charge in [-0.05, 0) is 92.4 Å². The molecule has 7 rings (SSSR count). The molecule has 0 amide bonds. The Morgan fingerprint density at radius 2 is 1.35 bits per heavy atom. The SMILES string of the molecule is C1=CCCC(c2cc3ccccc3cc2-c2c3ccccc3c(Sc3ccccc3)c3ccncc23)=C1. The third-order valence-corrected chi connectivity index (χ3v) is 8.41. The molecule has 1 nitrogen and oxygen atoms in total. The number of aromatic nitrogens is 1. The summed E-state index contributed by atoms with van der Waals surface area (Å²) in [6.07, 6.45) is 12.9. The van der Waals surface area contributed by atoms with Crippen molar-refractivity contribution >= 4 is 49.7 Å². The lowest BCUT2D eigenvalue weighted by Crippen LogP contribution is -1.96. The average molecular weight is 492 g/mol. The average Bonchev–Trinajstić information content (AvgIpc) is 2.97. The number of allylic oxidation sites excluding steroid dienone is 4. The van der Waals surface area contributed by atoms with E-state index in [1.54, 1.807) is 0 Å². The first-order valence-electron chi connectivity index (χ1n) is 12.8. The first-order valence-corrected chi connectivity index (χ1v) is 13.6. The number of nitrogens with zero attached hydrogens (tertiary/aromatic N) is 1. The molecule has 1 aromatic heterocycles. The molecule has 0 fully saturated rings. The van der Waals surface area contributed by atoms with E-state index in [9.17, 15) is 0 Å². The predicted octanol–water partition coefficient (Wildman–Crippen LogP) is 10.1. The number of fused-ring (bicyclic) bond motifs is 3. The Morgan fingerprint density at radius 1 is 0.649 bits per heavy atom. The van der Waals surface area contributed by atoms with Crippen LogP contribution in [0.5, 0.6) is 0 Å². The summed E-state index contributed by atoms with van der Waals surface area (Å²) in [5.41, 5.74) is 5.27. The van der Waals surface area contributed by atoms with Crippen molar-refractivity contribution in [1.82, 2.24) is 4.98 Å². The van der Waals surface area contributed by atoms with Crippen LogP contribution in [0.25, 0.3) is 49.0 Å². The van der Waals surface area contributed by atoms with Gasteiger partial charge in [-0.3, -0.25) is 4.98 Å². The summed E-state index contributed by atoms with van der Waals surface area (Å²) in [4.78, 5) is 7.15. The summed E-state index contributed by atoms with van der Waals surface area (Å²) >= 11 is 1.84. The highest BCUT2D eigenvalue weighted by Crippen LogP contribution is 2.47. The summed E-state index contributed by atoms with van der Waals surface area (Å²) in [5, 5.41) is 7.53.